The van der Waals surface area contributed by atoms with Crippen molar-refractivity contribution in [1.29, 1.82) is 0 Å². The number of carbonyl (C=O) groups is 1. The molecule has 0 heterocycles. The second kappa shape index (κ2) is 8.39. The molecule has 0 aliphatic carbocycles. The van der Waals surface area contributed by atoms with Gasteiger partial charge in [0.05, 0.1) is 13.2 Å². The molecule has 0 spiro atoms. The van der Waals surface area contributed by atoms with Crippen LogP contribution in [0.25, 0.3) is 0 Å². The van der Waals surface area contributed by atoms with Crippen LogP contribution < -0.4 is 14.8 Å². The molecular formula is C20H25NO3. The number of hydrogen-bond acceptors (Lipinski definition) is 3. The van der Waals surface area contributed by atoms with Gasteiger partial charge < -0.3 is 14.8 Å². The van der Waals surface area contributed by atoms with E-state index in [4.69, 9.17) is 9.47 Å². The molecule has 1 N–H and O–H groups in total. The molecule has 24 heavy (non-hydrogen) atoms. The van der Waals surface area contributed by atoms with Gasteiger partial charge in [0, 0.05) is 0 Å². The van der Waals surface area contributed by atoms with Crippen LogP contribution in [0.15, 0.2) is 48.5 Å². The second-order valence-corrected chi connectivity index (χ2v) is 5.83. The maximum atomic E-state index is 12.5. The molecule has 0 radical (unpaired) electrons. The van der Waals surface area contributed by atoms with Crippen molar-refractivity contribution in [2.45, 2.75) is 39.3 Å². The highest BCUT2D eigenvalue weighted by molar-refractivity contribution is 5.81. The summed E-state index contributed by atoms with van der Waals surface area (Å²) < 4.78 is 11.0. The number of hydrogen-bond donors (Lipinski definition) is 1. The van der Waals surface area contributed by atoms with Crippen LogP contribution >= 0.6 is 0 Å². The number of ether oxygens (including phenoxy) is 2. The molecule has 0 aliphatic rings. The van der Waals surface area contributed by atoms with Gasteiger partial charge in [-0.05, 0) is 55.7 Å². The van der Waals surface area contributed by atoms with Crippen molar-refractivity contribution in [1.82, 2.24) is 5.32 Å². The number of methoxy groups -OCH3 is 1. The normalized spacial score (nSPS) is 13.0. The van der Waals surface area contributed by atoms with Crippen molar-refractivity contribution in [3.63, 3.8) is 0 Å². The fourth-order valence-electron chi connectivity index (χ4n) is 2.46. The van der Waals surface area contributed by atoms with Crippen LogP contribution in [0.1, 0.15) is 37.4 Å². The fraction of sp³-hybridized carbons (Fsp3) is 0.350. The van der Waals surface area contributed by atoms with Crippen molar-refractivity contribution < 1.29 is 14.3 Å². The summed E-state index contributed by atoms with van der Waals surface area (Å²) in [6, 6.07) is 15.3. The van der Waals surface area contributed by atoms with Gasteiger partial charge in [-0.1, -0.05) is 31.2 Å². The standard InChI is InChI=1S/C20H25NO3/c1-5-19(24-18-8-6-7-14(2)13-18)20(22)21-15(3)16-9-11-17(23-4)12-10-16/h6-13,15,19H,5H2,1-4H3,(H,21,22). The molecule has 0 fully saturated rings. The van der Waals surface area contributed by atoms with Crippen LogP contribution in [0.5, 0.6) is 11.5 Å². The highest BCUT2D eigenvalue weighted by Gasteiger charge is 2.20. The monoisotopic (exact) mass is 327 g/mol. The van der Waals surface area contributed by atoms with E-state index in [1.807, 2.05) is 69.3 Å². The Balaban J connectivity index is 1.99. The predicted octanol–water partition coefficient (Wildman–Crippen LogP) is 4.04. The SMILES string of the molecule is CCC(Oc1cccc(C)c1)C(=O)NC(C)c1ccc(OC)cc1. The van der Waals surface area contributed by atoms with Gasteiger partial charge in [0.15, 0.2) is 6.10 Å². The Hall–Kier alpha value is -2.49. The van der Waals surface area contributed by atoms with Crippen LogP contribution in [0.3, 0.4) is 0 Å². The third-order valence-electron chi connectivity index (χ3n) is 3.91. The lowest BCUT2D eigenvalue weighted by molar-refractivity contribution is -0.128. The van der Waals surface area contributed by atoms with Gasteiger partial charge in [-0.15, -0.1) is 0 Å². The maximum Gasteiger partial charge on any atom is 0.261 e. The van der Waals surface area contributed by atoms with E-state index in [0.717, 1.165) is 16.9 Å². The van der Waals surface area contributed by atoms with E-state index in [1.54, 1.807) is 7.11 Å². The number of amides is 1. The van der Waals surface area contributed by atoms with Gasteiger partial charge in [0.2, 0.25) is 0 Å². The van der Waals surface area contributed by atoms with Crippen molar-refractivity contribution in [2.75, 3.05) is 7.11 Å². The number of carbonyl (C=O) groups excluding carboxylic acids is 1. The summed E-state index contributed by atoms with van der Waals surface area (Å²) in [4.78, 5) is 12.5. The molecule has 2 unspecified atom stereocenters. The third kappa shape index (κ3) is 4.75. The molecule has 4 heteroatoms. The first-order valence-electron chi connectivity index (χ1n) is 8.21. The Bertz CT molecular complexity index is 667. The molecule has 2 atom stereocenters. The largest absolute Gasteiger partial charge is 0.497 e. The van der Waals surface area contributed by atoms with Gasteiger partial charge in [-0.2, -0.15) is 0 Å². The molecule has 2 aromatic carbocycles. The van der Waals surface area contributed by atoms with Gasteiger partial charge in [0.25, 0.3) is 5.91 Å². The molecule has 2 aromatic rings. The van der Waals surface area contributed by atoms with Gasteiger partial charge in [-0.25, -0.2) is 0 Å². The predicted molar refractivity (Wildman–Crippen MR) is 95.4 cm³/mol. The van der Waals surface area contributed by atoms with Crippen LogP contribution in [0.4, 0.5) is 0 Å². The molecule has 4 nitrogen and oxygen atoms in total. The van der Waals surface area contributed by atoms with E-state index < -0.39 is 6.10 Å². The van der Waals surface area contributed by atoms with Crippen LogP contribution in [-0.4, -0.2) is 19.1 Å². The summed E-state index contributed by atoms with van der Waals surface area (Å²) in [5, 5.41) is 3.01. The lowest BCUT2D eigenvalue weighted by atomic mass is 10.1. The molecule has 0 aromatic heterocycles. The molecule has 0 aliphatic heterocycles. The Morgan fingerprint density at radius 3 is 2.42 bits per heavy atom. The third-order valence-corrected chi connectivity index (χ3v) is 3.91. The smallest absolute Gasteiger partial charge is 0.261 e. The first kappa shape index (κ1) is 17.9. The Morgan fingerprint density at radius 2 is 1.83 bits per heavy atom. The fourth-order valence-corrected chi connectivity index (χ4v) is 2.46. The quantitative estimate of drug-likeness (QED) is 0.835. The van der Waals surface area contributed by atoms with Crippen LogP contribution in [0.2, 0.25) is 0 Å². The van der Waals surface area contributed by atoms with Crippen LogP contribution in [0, 0.1) is 6.92 Å². The van der Waals surface area contributed by atoms with Crippen molar-refractivity contribution in [2.24, 2.45) is 0 Å². The first-order valence-corrected chi connectivity index (χ1v) is 8.21. The van der Waals surface area contributed by atoms with E-state index in [0.29, 0.717) is 12.2 Å². The average Bonchev–Trinajstić information content (AvgIpc) is 2.59. The lowest BCUT2D eigenvalue weighted by Crippen LogP contribution is -2.39. The summed E-state index contributed by atoms with van der Waals surface area (Å²) in [5.41, 5.74) is 2.13. The van der Waals surface area contributed by atoms with E-state index in [1.165, 1.54) is 0 Å². The van der Waals surface area contributed by atoms with Crippen molar-refractivity contribution in [3.05, 3.63) is 59.7 Å². The van der Waals surface area contributed by atoms with E-state index in [-0.39, 0.29) is 11.9 Å². The number of aryl methyl sites for hydroxylation is 1. The van der Waals surface area contributed by atoms with Gasteiger partial charge in [-0.3, -0.25) is 4.79 Å². The average molecular weight is 327 g/mol. The van der Waals surface area contributed by atoms with Gasteiger partial charge in [0.1, 0.15) is 11.5 Å². The van der Waals surface area contributed by atoms with Gasteiger partial charge >= 0.3 is 0 Å². The molecule has 0 bridgehead atoms. The minimum atomic E-state index is -0.507. The topological polar surface area (TPSA) is 47.6 Å². The molecule has 0 saturated heterocycles. The van der Waals surface area contributed by atoms with Crippen LogP contribution in [-0.2, 0) is 4.79 Å². The highest BCUT2D eigenvalue weighted by atomic mass is 16.5. The summed E-state index contributed by atoms with van der Waals surface area (Å²) in [6.45, 7) is 5.90. The maximum absolute atomic E-state index is 12.5. The second-order valence-electron chi connectivity index (χ2n) is 5.83. The number of rotatable bonds is 7. The molecule has 128 valence electrons. The van der Waals surface area contributed by atoms with E-state index >= 15 is 0 Å². The molecular weight excluding hydrogens is 302 g/mol. The zero-order valence-electron chi connectivity index (χ0n) is 14.7. The Kier molecular flexibility index (Phi) is 6.24. The highest BCUT2D eigenvalue weighted by Crippen LogP contribution is 2.19. The summed E-state index contributed by atoms with van der Waals surface area (Å²) in [6.07, 6.45) is 0.0993. The lowest BCUT2D eigenvalue weighted by Gasteiger charge is -2.21. The number of nitrogens with one attached hydrogen (secondary N) is 1. The minimum absolute atomic E-state index is 0.0986. The summed E-state index contributed by atoms with van der Waals surface area (Å²) in [5.74, 6) is 1.41. The zero-order valence-corrected chi connectivity index (χ0v) is 14.7. The summed E-state index contributed by atoms with van der Waals surface area (Å²) in [7, 11) is 1.63. The number of benzene rings is 2. The Morgan fingerprint density at radius 1 is 1.12 bits per heavy atom. The van der Waals surface area contributed by atoms with E-state index in [9.17, 15) is 4.79 Å². The Labute approximate surface area is 143 Å². The minimum Gasteiger partial charge on any atom is -0.497 e. The summed E-state index contributed by atoms with van der Waals surface area (Å²) >= 11 is 0. The van der Waals surface area contributed by atoms with E-state index in [2.05, 4.69) is 5.32 Å². The first-order chi connectivity index (χ1) is 11.5. The molecule has 0 saturated carbocycles. The zero-order chi connectivity index (χ0) is 17.5. The van der Waals surface area contributed by atoms with Crippen molar-refractivity contribution >= 4 is 5.91 Å². The molecule has 2 rings (SSSR count). The van der Waals surface area contributed by atoms with Crippen molar-refractivity contribution in [3.8, 4) is 11.5 Å². The molecule has 1 amide bonds.